The van der Waals surface area contributed by atoms with Crippen LogP contribution in [0.25, 0.3) is 11.3 Å². The molecule has 1 fully saturated rings. The second-order valence-corrected chi connectivity index (χ2v) is 8.33. The van der Waals surface area contributed by atoms with Gasteiger partial charge in [0, 0.05) is 18.3 Å². The summed E-state index contributed by atoms with van der Waals surface area (Å²) in [5.41, 5.74) is 2.20. The van der Waals surface area contributed by atoms with Gasteiger partial charge in [0.05, 0.1) is 24.4 Å². The number of carbonyl (C=O) groups is 1. The van der Waals surface area contributed by atoms with Crippen LogP contribution in [-0.4, -0.2) is 34.6 Å². The summed E-state index contributed by atoms with van der Waals surface area (Å²) in [6.07, 6.45) is 1.79. The first-order chi connectivity index (χ1) is 15.0. The molecule has 1 aliphatic heterocycles. The van der Waals surface area contributed by atoms with Crippen LogP contribution in [-0.2, 0) is 4.74 Å². The number of nitrogens with one attached hydrogen (secondary N) is 1. The van der Waals surface area contributed by atoms with Gasteiger partial charge in [0.1, 0.15) is 17.6 Å². The number of rotatable bonds is 6. The van der Waals surface area contributed by atoms with Gasteiger partial charge in [-0.3, -0.25) is 4.98 Å². The molecule has 2 atom stereocenters. The van der Waals surface area contributed by atoms with E-state index in [1.165, 1.54) is 7.11 Å². The molecule has 0 bridgehead atoms. The lowest BCUT2D eigenvalue weighted by atomic mass is 10.0. The van der Waals surface area contributed by atoms with Gasteiger partial charge in [-0.05, 0) is 54.5 Å². The van der Waals surface area contributed by atoms with Gasteiger partial charge in [-0.25, -0.2) is 4.79 Å². The van der Waals surface area contributed by atoms with Crippen molar-refractivity contribution in [3.8, 4) is 11.3 Å². The number of aromatic nitrogens is 1. The highest BCUT2D eigenvalue weighted by Gasteiger charge is 2.41. The van der Waals surface area contributed by atoms with E-state index in [1.54, 1.807) is 18.3 Å². The summed E-state index contributed by atoms with van der Waals surface area (Å²) >= 11 is 5.67. The first-order valence-electron chi connectivity index (χ1n) is 10.2. The first-order valence-corrected chi connectivity index (χ1v) is 10.6. The molecule has 1 aliphatic rings. The maximum atomic E-state index is 11.9. The summed E-state index contributed by atoms with van der Waals surface area (Å²) in [7, 11) is 1.37. The van der Waals surface area contributed by atoms with Crippen molar-refractivity contribution >= 4 is 23.3 Å². The van der Waals surface area contributed by atoms with Crippen LogP contribution >= 0.6 is 12.2 Å². The van der Waals surface area contributed by atoms with Crippen molar-refractivity contribution in [2.24, 2.45) is 5.92 Å². The van der Waals surface area contributed by atoms with Crippen molar-refractivity contribution < 1.29 is 13.9 Å². The maximum Gasteiger partial charge on any atom is 0.337 e. The monoisotopic (exact) mass is 435 g/mol. The van der Waals surface area contributed by atoms with E-state index in [4.69, 9.17) is 21.4 Å². The Hall–Kier alpha value is -3.19. The number of furan rings is 1. The normalized spacial score (nSPS) is 18.3. The van der Waals surface area contributed by atoms with Crippen LogP contribution in [0, 0.1) is 5.92 Å². The minimum atomic E-state index is -0.378. The molecule has 6 nitrogen and oxygen atoms in total. The lowest BCUT2D eigenvalue weighted by Gasteiger charge is -2.27. The van der Waals surface area contributed by atoms with Crippen molar-refractivity contribution in [2.75, 3.05) is 13.7 Å². The van der Waals surface area contributed by atoms with Gasteiger partial charge in [0.15, 0.2) is 5.11 Å². The lowest BCUT2D eigenvalue weighted by Crippen LogP contribution is -2.32. The molecule has 0 radical (unpaired) electrons. The molecule has 160 valence electrons. The minimum Gasteiger partial charge on any atom is -0.465 e. The molecule has 3 heterocycles. The predicted molar refractivity (Wildman–Crippen MR) is 122 cm³/mol. The standard InChI is InChI=1S/C24H25N3O3S/c1-15(2)14-27-22(21(26-24(27)31)18-9-4-5-12-25-18)20-11-10-19(30-20)16-7-6-8-17(13-16)23(28)29-3/h4-13,15,21-22H,14H2,1-3H3,(H,26,31). The predicted octanol–water partition coefficient (Wildman–Crippen LogP) is 4.76. The third-order valence-electron chi connectivity index (χ3n) is 5.25. The number of carbonyl (C=O) groups excluding carboxylic acids is 1. The highest BCUT2D eigenvalue weighted by Crippen LogP contribution is 2.40. The summed E-state index contributed by atoms with van der Waals surface area (Å²) in [6, 6.07) is 16.8. The molecule has 0 aliphatic carbocycles. The Labute approximate surface area is 187 Å². The van der Waals surface area contributed by atoms with Crippen LogP contribution in [0.5, 0.6) is 0 Å². The fourth-order valence-corrected chi connectivity index (χ4v) is 4.20. The van der Waals surface area contributed by atoms with Crippen molar-refractivity contribution in [1.29, 1.82) is 0 Å². The van der Waals surface area contributed by atoms with E-state index in [0.29, 0.717) is 22.4 Å². The van der Waals surface area contributed by atoms with E-state index >= 15 is 0 Å². The van der Waals surface area contributed by atoms with E-state index in [9.17, 15) is 4.79 Å². The molecule has 0 saturated carbocycles. The Morgan fingerprint density at radius 3 is 2.77 bits per heavy atom. The molecule has 2 unspecified atom stereocenters. The van der Waals surface area contributed by atoms with Crippen LogP contribution < -0.4 is 5.32 Å². The summed E-state index contributed by atoms with van der Waals surface area (Å²) in [5, 5.41) is 4.12. The number of ether oxygens (including phenoxy) is 1. The smallest absolute Gasteiger partial charge is 0.337 e. The number of pyridine rings is 1. The Balaban J connectivity index is 1.71. The topological polar surface area (TPSA) is 67.6 Å². The van der Waals surface area contributed by atoms with Gasteiger partial charge >= 0.3 is 5.97 Å². The highest BCUT2D eigenvalue weighted by molar-refractivity contribution is 7.80. The summed E-state index contributed by atoms with van der Waals surface area (Å²) in [6.45, 7) is 5.13. The van der Waals surface area contributed by atoms with E-state index in [2.05, 4.69) is 29.0 Å². The minimum absolute atomic E-state index is 0.118. The zero-order chi connectivity index (χ0) is 22.0. The van der Waals surface area contributed by atoms with Crippen molar-refractivity contribution in [3.63, 3.8) is 0 Å². The summed E-state index contributed by atoms with van der Waals surface area (Å²) in [5.74, 6) is 1.53. The molecule has 0 amide bonds. The number of hydrogen-bond donors (Lipinski definition) is 1. The van der Waals surface area contributed by atoms with E-state index in [-0.39, 0.29) is 18.1 Å². The fourth-order valence-electron chi connectivity index (χ4n) is 3.89. The quantitative estimate of drug-likeness (QED) is 0.442. The molecule has 3 aromatic rings. The van der Waals surface area contributed by atoms with Crippen LogP contribution in [0.3, 0.4) is 0 Å². The molecule has 1 N–H and O–H groups in total. The van der Waals surface area contributed by atoms with Crippen LogP contribution in [0.4, 0.5) is 0 Å². The number of benzene rings is 1. The number of methoxy groups -OCH3 is 1. The van der Waals surface area contributed by atoms with Crippen molar-refractivity contribution in [1.82, 2.24) is 15.2 Å². The number of nitrogens with zero attached hydrogens (tertiary/aromatic N) is 2. The van der Waals surface area contributed by atoms with Crippen LogP contribution in [0.1, 0.15) is 47.7 Å². The zero-order valence-electron chi connectivity index (χ0n) is 17.7. The molecule has 4 rings (SSSR count). The average molecular weight is 436 g/mol. The average Bonchev–Trinajstić information content (AvgIpc) is 3.39. The number of esters is 1. The van der Waals surface area contributed by atoms with Gasteiger partial charge < -0.3 is 19.4 Å². The Morgan fingerprint density at radius 2 is 2.06 bits per heavy atom. The second kappa shape index (κ2) is 8.89. The van der Waals surface area contributed by atoms with E-state index in [0.717, 1.165) is 23.6 Å². The number of thiocarbonyl (C=S) groups is 1. The summed E-state index contributed by atoms with van der Waals surface area (Å²) < 4.78 is 11.1. The molecule has 7 heteroatoms. The number of hydrogen-bond acceptors (Lipinski definition) is 5. The Bertz CT molecular complexity index is 1080. The van der Waals surface area contributed by atoms with Crippen LogP contribution in [0.2, 0.25) is 0 Å². The van der Waals surface area contributed by atoms with Gasteiger partial charge in [-0.1, -0.05) is 32.0 Å². The third kappa shape index (κ3) is 4.32. The van der Waals surface area contributed by atoms with Gasteiger partial charge in [0.2, 0.25) is 0 Å². The van der Waals surface area contributed by atoms with Gasteiger partial charge in [0.25, 0.3) is 0 Å². The van der Waals surface area contributed by atoms with E-state index in [1.807, 2.05) is 42.5 Å². The lowest BCUT2D eigenvalue weighted by molar-refractivity contribution is 0.0601. The maximum absolute atomic E-state index is 11.9. The van der Waals surface area contributed by atoms with E-state index < -0.39 is 0 Å². The molecule has 2 aromatic heterocycles. The zero-order valence-corrected chi connectivity index (χ0v) is 18.6. The molecule has 1 saturated heterocycles. The Morgan fingerprint density at radius 1 is 1.23 bits per heavy atom. The Kier molecular flexibility index (Phi) is 6.04. The largest absolute Gasteiger partial charge is 0.465 e. The third-order valence-corrected chi connectivity index (χ3v) is 5.60. The van der Waals surface area contributed by atoms with Crippen LogP contribution in [0.15, 0.2) is 65.2 Å². The molecule has 31 heavy (non-hydrogen) atoms. The van der Waals surface area contributed by atoms with Crippen molar-refractivity contribution in [3.05, 3.63) is 77.8 Å². The van der Waals surface area contributed by atoms with Crippen molar-refractivity contribution in [2.45, 2.75) is 25.9 Å². The highest BCUT2D eigenvalue weighted by atomic mass is 32.1. The molecule has 0 spiro atoms. The fraction of sp³-hybridized carbons (Fsp3) is 0.292. The SMILES string of the molecule is COC(=O)c1cccc(-c2ccc(C3C(c4ccccn4)NC(=S)N3CC(C)C)o2)c1. The first kappa shape index (κ1) is 21.1. The van der Waals surface area contributed by atoms with Gasteiger partial charge in [-0.15, -0.1) is 0 Å². The molecular weight excluding hydrogens is 410 g/mol. The summed E-state index contributed by atoms with van der Waals surface area (Å²) in [4.78, 5) is 18.6. The van der Waals surface area contributed by atoms with Gasteiger partial charge in [-0.2, -0.15) is 0 Å². The molecule has 1 aromatic carbocycles. The second-order valence-electron chi connectivity index (χ2n) is 7.95. The molecular formula is C24H25N3O3S.